The fraction of sp³-hybridized carbons (Fsp3) is 0.333. The summed E-state index contributed by atoms with van der Waals surface area (Å²) in [5, 5.41) is 13.3. The van der Waals surface area contributed by atoms with E-state index < -0.39 is 17.3 Å². The number of aromatic nitrogens is 1. The first-order chi connectivity index (χ1) is 9.93. The Bertz CT molecular complexity index is 661. The molecule has 1 heterocycles. The minimum absolute atomic E-state index is 0.0948. The van der Waals surface area contributed by atoms with Gasteiger partial charge in [0.2, 0.25) is 0 Å². The molecule has 0 aliphatic carbocycles. The standard InChI is InChI=1S/C15H17FN2O2S/c1-15(20,9-21-2)8-18-14(19)12-7-11(16)6-10-4-3-5-17-13(10)12/h3-7,20H,8-9H2,1-2H3,(H,18,19). The van der Waals surface area contributed by atoms with Crippen molar-refractivity contribution in [1.82, 2.24) is 10.3 Å². The van der Waals surface area contributed by atoms with Crippen LogP contribution in [0.4, 0.5) is 4.39 Å². The molecule has 2 N–H and O–H groups in total. The lowest BCUT2D eigenvalue weighted by Gasteiger charge is -2.22. The van der Waals surface area contributed by atoms with Crippen LogP contribution >= 0.6 is 11.8 Å². The number of nitrogens with zero attached hydrogens (tertiary/aromatic N) is 1. The smallest absolute Gasteiger partial charge is 0.253 e. The molecule has 2 rings (SSSR count). The van der Waals surface area contributed by atoms with Crippen LogP contribution in [0.15, 0.2) is 30.5 Å². The summed E-state index contributed by atoms with van der Waals surface area (Å²) in [5.41, 5.74) is -0.391. The van der Waals surface area contributed by atoms with E-state index in [4.69, 9.17) is 0 Å². The van der Waals surface area contributed by atoms with Gasteiger partial charge in [0.15, 0.2) is 0 Å². The van der Waals surface area contributed by atoms with Gasteiger partial charge in [0.1, 0.15) is 5.82 Å². The zero-order valence-corrected chi connectivity index (χ0v) is 12.7. The highest BCUT2D eigenvalue weighted by atomic mass is 32.2. The van der Waals surface area contributed by atoms with Gasteiger partial charge in [0.25, 0.3) is 5.91 Å². The molecule has 0 fully saturated rings. The van der Waals surface area contributed by atoms with Crippen LogP contribution in [0.25, 0.3) is 10.9 Å². The van der Waals surface area contributed by atoms with Crippen LogP contribution in [0.2, 0.25) is 0 Å². The van der Waals surface area contributed by atoms with Gasteiger partial charge in [-0.05, 0) is 31.4 Å². The van der Waals surface area contributed by atoms with Crippen molar-refractivity contribution in [2.75, 3.05) is 18.6 Å². The van der Waals surface area contributed by atoms with E-state index >= 15 is 0 Å². The molecule has 0 saturated heterocycles. The summed E-state index contributed by atoms with van der Waals surface area (Å²) in [4.78, 5) is 16.4. The Balaban J connectivity index is 2.24. The monoisotopic (exact) mass is 308 g/mol. The summed E-state index contributed by atoms with van der Waals surface area (Å²) < 4.78 is 13.6. The number of carbonyl (C=O) groups excluding carboxylic acids is 1. The number of carbonyl (C=O) groups is 1. The van der Waals surface area contributed by atoms with E-state index in [9.17, 15) is 14.3 Å². The van der Waals surface area contributed by atoms with Crippen molar-refractivity contribution in [3.05, 3.63) is 41.8 Å². The Morgan fingerprint density at radius 1 is 1.52 bits per heavy atom. The lowest BCUT2D eigenvalue weighted by atomic mass is 10.1. The number of aliphatic hydroxyl groups is 1. The summed E-state index contributed by atoms with van der Waals surface area (Å²) >= 11 is 1.49. The first-order valence-corrected chi connectivity index (χ1v) is 7.86. The molecule has 1 amide bonds. The third kappa shape index (κ3) is 3.92. The van der Waals surface area contributed by atoms with Crippen molar-refractivity contribution in [3.8, 4) is 0 Å². The van der Waals surface area contributed by atoms with E-state index in [-0.39, 0.29) is 12.1 Å². The maximum atomic E-state index is 13.6. The third-order valence-electron chi connectivity index (χ3n) is 3.00. The molecule has 2 aromatic rings. The van der Waals surface area contributed by atoms with Gasteiger partial charge in [-0.1, -0.05) is 6.07 Å². The molecule has 0 saturated carbocycles. The molecular weight excluding hydrogens is 291 g/mol. The molecule has 112 valence electrons. The van der Waals surface area contributed by atoms with Crippen LogP contribution in [0.3, 0.4) is 0 Å². The summed E-state index contributed by atoms with van der Waals surface area (Å²) in [6, 6.07) is 5.88. The molecule has 0 spiro atoms. The van der Waals surface area contributed by atoms with Crippen molar-refractivity contribution in [2.45, 2.75) is 12.5 Å². The number of thioether (sulfide) groups is 1. The first kappa shape index (κ1) is 15.7. The largest absolute Gasteiger partial charge is 0.387 e. The average Bonchev–Trinajstić information content (AvgIpc) is 2.44. The summed E-state index contributed by atoms with van der Waals surface area (Å²) in [7, 11) is 0. The Morgan fingerprint density at radius 3 is 3.00 bits per heavy atom. The molecule has 0 radical (unpaired) electrons. The van der Waals surface area contributed by atoms with Gasteiger partial charge in [-0.2, -0.15) is 11.8 Å². The van der Waals surface area contributed by atoms with Crippen molar-refractivity contribution >= 4 is 28.6 Å². The lowest BCUT2D eigenvalue weighted by Crippen LogP contribution is -2.42. The maximum absolute atomic E-state index is 13.6. The van der Waals surface area contributed by atoms with Gasteiger partial charge in [-0.15, -0.1) is 0 Å². The van der Waals surface area contributed by atoms with E-state index in [0.29, 0.717) is 16.7 Å². The molecule has 6 heteroatoms. The van der Waals surface area contributed by atoms with E-state index in [0.717, 1.165) is 6.07 Å². The predicted octanol–water partition coefficient (Wildman–Crippen LogP) is 2.22. The molecule has 21 heavy (non-hydrogen) atoms. The first-order valence-electron chi connectivity index (χ1n) is 6.47. The van der Waals surface area contributed by atoms with E-state index in [1.54, 1.807) is 25.3 Å². The quantitative estimate of drug-likeness (QED) is 0.889. The van der Waals surface area contributed by atoms with Crippen LogP contribution in [-0.4, -0.2) is 40.2 Å². The van der Waals surface area contributed by atoms with Crippen molar-refractivity contribution in [1.29, 1.82) is 0 Å². The Labute approximate surface area is 126 Å². The highest BCUT2D eigenvalue weighted by Gasteiger charge is 2.22. The number of nitrogens with one attached hydrogen (secondary N) is 1. The van der Waals surface area contributed by atoms with Gasteiger partial charge in [-0.25, -0.2) is 4.39 Å². The van der Waals surface area contributed by atoms with Crippen LogP contribution in [0, 0.1) is 5.82 Å². The molecule has 1 aromatic heterocycles. The lowest BCUT2D eigenvalue weighted by molar-refractivity contribution is 0.0725. The summed E-state index contributed by atoms with van der Waals surface area (Å²) in [6.07, 6.45) is 3.43. The molecule has 1 atom stereocenters. The minimum Gasteiger partial charge on any atom is -0.387 e. The highest BCUT2D eigenvalue weighted by Crippen LogP contribution is 2.18. The number of pyridine rings is 1. The van der Waals surface area contributed by atoms with E-state index in [1.807, 2.05) is 6.26 Å². The number of fused-ring (bicyclic) bond motifs is 1. The number of hydrogen-bond donors (Lipinski definition) is 2. The Hall–Kier alpha value is -1.66. The zero-order valence-electron chi connectivity index (χ0n) is 11.9. The Kier molecular flexibility index (Phi) is 4.80. The van der Waals surface area contributed by atoms with Crippen LogP contribution in [0.5, 0.6) is 0 Å². The van der Waals surface area contributed by atoms with Gasteiger partial charge in [0.05, 0.1) is 16.7 Å². The average molecular weight is 308 g/mol. The third-order valence-corrected chi connectivity index (χ3v) is 3.91. The topological polar surface area (TPSA) is 62.2 Å². The second-order valence-electron chi connectivity index (χ2n) is 5.14. The van der Waals surface area contributed by atoms with Crippen molar-refractivity contribution in [3.63, 3.8) is 0 Å². The predicted molar refractivity (Wildman–Crippen MR) is 83.0 cm³/mol. The maximum Gasteiger partial charge on any atom is 0.253 e. The van der Waals surface area contributed by atoms with E-state index in [2.05, 4.69) is 10.3 Å². The number of halogens is 1. The molecule has 1 unspecified atom stereocenters. The fourth-order valence-electron chi connectivity index (χ4n) is 2.06. The minimum atomic E-state index is -1.01. The van der Waals surface area contributed by atoms with Gasteiger partial charge < -0.3 is 10.4 Å². The molecule has 0 aliphatic heterocycles. The number of hydrogen-bond acceptors (Lipinski definition) is 4. The van der Waals surface area contributed by atoms with Crippen molar-refractivity contribution < 1.29 is 14.3 Å². The molecule has 4 nitrogen and oxygen atoms in total. The second-order valence-corrected chi connectivity index (χ2v) is 6.01. The summed E-state index contributed by atoms with van der Waals surface area (Å²) in [6.45, 7) is 1.74. The molecular formula is C15H17FN2O2S. The van der Waals surface area contributed by atoms with E-state index in [1.165, 1.54) is 17.8 Å². The fourth-order valence-corrected chi connectivity index (χ4v) is 2.78. The second kappa shape index (κ2) is 6.41. The van der Waals surface area contributed by atoms with Crippen LogP contribution in [-0.2, 0) is 0 Å². The van der Waals surface area contributed by atoms with Gasteiger partial charge in [0, 0.05) is 23.9 Å². The Morgan fingerprint density at radius 2 is 2.29 bits per heavy atom. The highest BCUT2D eigenvalue weighted by molar-refractivity contribution is 7.98. The molecule has 0 aliphatic rings. The van der Waals surface area contributed by atoms with Gasteiger partial charge >= 0.3 is 0 Å². The molecule has 0 bridgehead atoms. The van der Waals surface area contributed by atoms with Crippen LogP contribution in [0.1, 0.15) is 17.3 Å². The number of rotatable bonds is 5. The summed E-state index contributed by atoms with van der Waals surface area (Å²) in [5.74, 6) is -0.439. The van der Waals surface area contributed by atoms with Crippen LogP contribution < -0.4 is 5.32 Å². The van der Waals surface area contributed by atoms with Crippen molar-refractivity contribution in [2.24, 2.45) is 0 Å². The normalized spacial score (nSPS) is 13.9. The molecule has 1 aromatic carbocycles. The van der Waals surface area contributed by atoms with Gasteiger partial charge in [-0.3, -0.25) is 9.78 Å². The SMILES string of the molecule is CSCC(C)(O)CNC(=O)c1cc(F)cc2cccnc12. The number of amides is 1. The number of benzene rings is 1. The zero-order chi connectivity index (χ0) is 15.5.